The molecule has 1 amide bonds. The normalized spacial score (nSPS) is 14.9. The molecule has 0 bridgehead atoms. The number of nitrogens with one attached hydrogen (secondary N) is 1. The lowest BCUT2D eigenvalue weighted by Crippen LogP contribution is -2.32. The second-order valence-corrected chi connectivity index (χ2v) is 2.28. The molecule has 0 rings (SSSR count). The van der Waals surface area contributed by atoms with Crippen LogP contribution in [-0.4, -0.2) is 12.5 Å². The Morgan fingerprint density at radius 2 is 2.40 bits per heavy atom. The Balaban J connectivity index is 3.82. The lowest BCUT2D eigenvalue weighted by atomic mass is 10.0. The van der Waals surface area contributed by atoms with Crippen LogP contribution >= 0.6 is 0 Å². The van der Waals surface area contributed by atoms with Gasteiger partial charge in [0.25, 0.3) is 0 Å². The van der Waals surface area contributed by atoms with Gasteiger partial charge in [-0.3, -0.25) is 4.79 Å². The maximum absolute atomic E-state index is 9.93. The van der Waals surface area contributed by atoms with E-state index in [1.54, 1.807) is 0 Å². The maximum atomic E-state index is 9.93. The largest absolute Gasteiger partial charge is 0.343 e. The summed E-state index contributed by atoms with van der Waals surface area (Å²) in [5, 5.41) is 10.9. The van der Waals surface area contributed by atoms with Crippen LogP contribution in [0, 0.1) is 17.2 Å². The zero-order valence-corrected chi connectivity index (χ0v) is 6.29. The molecule has 1 unspecified atom stereocenters. The minimum atomic E-state index is -0.331. The molecule has 10 heavy (non-hydrogen) atoms. The van der Waals surface area contributed by atoms with Crippen LogP contribution in [0.3, 0.4) is 0 Å². The number of nitriles is 1. The molecule has 0 radical (unpaired) electrons. The highest BCUT2D eigenvalue weighted by molar-refractivity contribution is 5.47. The van der Waals surface area contributed by atoms with Crippen molar-refractivity contribution in [2.75, 3.05) is 0 Å². The van der Waals surface area contributed by atoms with Crippen molar-refractivity contribution in [1.82, 2.24) is 5.32 Å². The molecule has 3 heteroatoms. The van der Waals surface area contributed by atoms with E-state index in [-0.39, 0.29) is 12.0 Å². The van der Waals surface area contributed by atoms with Gasteiger partial charge in [0.15, 0.2) is 0 Å². The molecule has 1 N–H and O–H groups in total. The molecule has 0 spiro atoms. The van der Waals surface area contributed by atoms with Crippen molar-refractivity contribution in [1.29, 1.82) is 5.26 Å². The summed E-state index contributed by atoms with van der Waals surface area (Å²) in [5.74, 6) is 0.232. The van der Waals surface area contributed by atoms with Gasteiger partial charge in [0.05, 0.1) is 6.07 Å². The molecule has 3 nitrogen and oxygen atoms in total. The van der Waals surface area contributed by atoms with Crippen molar-refractivity contribution in [2.45, 2.75) is 26.3 Å². The fraction of sp³-hybridized carbons (Fsp3) is 0.714. The summed E-state index contributed by atoms with van der Waals surface area (Å²) in [5.41, 5.74) is 0. The summed E-state index contributed by atoms with van der Waals surface area (Å²) >= 11 is 0. The Bertz CT molecular complexity index is 139. The molecule has 0 saturated carbocycles. The van der Waals surface area contributed by atoms with Gasteiger partial charge in [-0.05, 0) is 5.92 Å². The lowest BCUT2D eigenvalue weighted by Gasteiger charge is -2.13. The van der Waals surface area contributed by atoms with Gasteiger partial charge in [-0.1, -0.05) is 20.3 Å². The fourth-order valence-electron chi connectivity index (χ4n) is 0.638. The Kier molecular flexibility index (Phi) is 4.30. The third kappa shape index (κ3) is 2.49. The number of rotatable bonds is 4. The molecule has 0 aromatic heterocycles. The van der Waals surface area contributed by atoms with Crippen molar-refractivity contribution in [3.63, 3.8) is 0 Å². The van der Waals surface area contributed by atoms with E-state index < -0.39 is 0 Å². The standard InChI is InChI=1S/C7H12N2O/c1-3-6(2)7(4-8)9-5-10/h5-7H,3H2,1-2H3,(H,9,10)/t6-,7?/m0/s1. The predicted octanol–water partition coefficient (Wildman–Crippen LogP) is 0.671. The van der Waals surface area contributed by atoms with Crippen molar-refractivity contribution >= 4 is 6.41 Å². The van der Waals surface area contributed by atoms with Gasteiger partial charge in [-0.2, -0.15) is 5.26 Å². The summed E-state index contributed by atoms with van der Waals surface area (Å²) in [7, 11) is 0. The van der Waals surface area contributed by atoms with E-state index in [2.05, 4.69) is 5.32 Å². The van der Waals surface area contributed by atoms with Crippen LogP contribution in [0.4, 0.5) is 0 Å². The maximum Gasteiger partial charge on any atom is 0.208 e. The molecule has 0 aliphatic heterocycles. The zero-order valence-electron chi connectivity index (χ0n) is 6.29. The molecule has 0 heterocycles. The van der Waals surface area contributed by atoms with Crippen LogP contribution in [-0.2, 0) is 4.79 Å². The highest BCUT2D eigenvalue weighted by Crippen LogP contribution is 2.05. The Hall–Kier alpha value is -1.04. The molecule has 0 aliphatic carbocycles. The first-order valence-corrected chi connectivity index (χ1v) is 3.35. The van der Waals surface area contributed by atoms with Crippen LogP contribution in [0.1, 0.15) is 20.3 Å². The van der Waals surface area contributed by atoms with E-state index in [9.17, 15) is 4.79 Å². The number of carbonyl (C=O) groups excluding carboxylic acids is 1. The first-order chi connectivity index (χ1) is 4.76. The summed E-state index contributed by atoms with van der Waals surface area (Å²) < 4.78 is 0. The van der Waals surface area contributed by atoms with Gasteiger partial charge < -0.3 is 5.32 Å². The predicted molar refractivity (Wildman–Crippen MR) is 38.1 cm³/mol. The Morgan fingerprint density at radius 1 is 1.80 bits per heavy atom. The average Bonchev–Trinajstić information content (AvgIpc) is 1.99. The summed E-state index contributed by atoms with van der Waals surface area (Å²) in [4.78, 5) is 9.93. The smallest absolute Gasteiger partial charge is 0.208 e. The topological polar surface area (TPSA) is 52.9 Å². The number of hydrogen-bond acceptors (Lipinski definition) is 2. The highest BCUT2D eigenvalue weighted by Gasteiger charge is 2.12. The van der Waals surface area contributed by atoms with Gasteiger partial charge in [-0.15, -0.1) is 0 Å². The molecular weight excluding hydrogens is 128 g/mol. The molecular formula is C7H12N2O. The van der Waals surface area contributed by atoms with Crippen LogP contribution in [0.25, 0.3) is 0 Å². The van der Waals surface area contributed by atoms with E-state index in [0.29, 0.717) is 6.41 Å². The van der Waals surface area contributed by atoms with E-state index in [1.807, 2.05) is 19.9 Å². The van der Waals surface area contributed by atoms with Gasteiger partial charge in [0.2, 0.25) is 6.41 Å². The van der Waals surface area contributed by atoms with Crippen molar-refractivity contribution in [3.05, 3.63) is 0 Å². The van der Waals surface area contributed by atoms with E-state index in [0.717, 1.165) is 6.42 Å². The van der Waals surface area contributed by atoms with Crippen LogP contribution < -0.4 is 5.32 Å². The van der Waals surface area contributed by atoms with Gasteiger partial charge in [0, 0.05) is 0 Å². The molecule has 0 fully saturated rings. The summed E-state index contributed by atoms with van der Waals surface area (Å²) in [6.07, 6.45) is 1.47. The molecule has 0 aliphatic rings. The van der Waals surface area contributed by atoms with Gasteiger partial charge in [0.1, 0.15) is 6.04 Å². The van der Waals surface area contributed by atoms with Crippen molar-refractivity contribution in [3.8, 4) is 6.07 Å². The first kappa shape index (κ1) is 8.96. The van der Waals surface area contributed by atoms with Gasteiger partial charge in [-0.25, -0.2) is 0 Å². The average molecular weight is 140 g/mol. The molecule has 56 valence electrons. The highest BCUT2D eigenvalue weighted by atomic mass is 16.1. The minimum Gasteiger partial charge on any atom is -0.343 e. The first-order valence-electron chi connectivity index (χ1n) is 3.35. The molecule has 0 aromatic carbocycles. The van der Waals surface area contributed by atoms with Gasteiger partial charge >= 0.3 is 0 Å². The van der Waals surface area contributed by atoms with Crippen molar-refractivity contribution < 1.29 is 4.79 Å². The zero-order chi connectivity index (χ0) is 7.98. The van der Waals surface area contributed by atoms with E-state index >= 15 is 0 Å². The minimum absolute atomic E-state index is 0.232. The third-order valence-electron chi connectivity index (χ3n) is 1.60. The Labute approximate surface area is 61.0 Å². The fourth-order valence-corrected chi connectivity index (χ4v) is 0.638. The van der Waals surface area contributed by atoms with Crippen LogP contribution in [0.5, 0.6) is 0 Å². The summed E-state index contributed by atoms with van der Waals surface area (Å²) in [6.45, 7) is 3.92. The molecule has 0 saturated heterocycles. The Morgan fingerprint density at radius 3 is 2.70 bits per heavy atom. The number of nitrogens with zero attached hydrogens (tertiary/aromatic N) is 1. The monoisotopic (exact) mass is 140 g/mol. The van der Waals surface area contributed by atoms with Crippen LogP contribution in [0.2, 0.25) is 0 Å². The summed E-state index contributed by atoms with van der Waals surface area (Å²) in [6, 6.07) is 1.68. The van der Waals surface area contributed by atoms with Crippen molar-refractivity contribution in [2.24, 2.45) is 5.92 Å². The number of carbonyl (C=O) groups is 1. The second-order valence-electron chi connectivity index (χ2n) is 2.28. The second kappa shape index (κ2) is 4.80. The molecule has 0 aromatic rings. The molecule has 2 atom stereocenters. The van der Waals surface area contributed by atoms with E-state index in [1.165, 1.54) is 0 Å². The SMILES string of the molecule is CC[C@H](C)C(C#N)NC=O. The number of amides is 1. The third-order valence-corrected chi connectivity index (χ3v) is 1.60. The quantitative estimate of drug-likeness (QED) is 0.583. The van der Waals surface area contributed by atoms with E-state index in [4.69, 9.17) is 5.26 Å². The lowest BCUT2D eigenvalue weighted by molar-refractivity contribution is -0.110. The number of hydrogen-bond donors (Lipinski definition) is 1. The van der Waals surface area contributed by atoms with Crippen LogP contribution in [0.15, 0.2) is 0 Å².